The first-order valence-electron chi connectivity index (χ1n) is 3.61. The molecular formula is C8H6N2O2S. The molecule has 2 aromatic rings. The van der Waals surface area contributed by atoms with Crippen molar-refractivity contribution in [2.45, 2.75) is 0 Å². The first kappa shape index (κ1) is 8.00. The number of nitrogens with zero attached hydrogens (tertiary/aromatic N) is 1. The van der Waals surface area contributed by atoms with Crippen LogP contribution in [0.5, 0.6) is 0 Å². The van der Waals surface area contributed by atoms with E-state index in [9.17, 15) is 4.79 Å². The molecule has 4 nitrogen and oxygen atoms in total. The van der Waals surface area contributed by atoms with Gasteiger partial charge in [0.1, 0.15) is 0 Å². The van der Waals surface area contributed by atoms with Crippen LogP contribution in [0.25, 0.3) is 10.2 Å². The molecule has 1 heterocycles. The van der Waals surface area contributed by atoms with Gasteiger partial charge in [0, 0.05) is 0 Å². The van der Waals surface area contributed by atoms with Crippen LogP contribution >= 0.6 is 11.3 Å². The second-order valence-electron chi connectivity index (χ2n) is 2.42. The Labute approximate surface area is 77.8 Å². The Bertz CT molecular complexity index is 419. The van der Waals surface area contributed by atoms with Crippen molar-refractivity contribution >= 4 is 32.8 Å². The normalized spacial score (nSPS) is 10.2. The molecule has 0 fully saturated rings. The quantitative estimate of drug-likeness (QED) is 0.732. The van der Waals surface area contributed by atoms with E-state index in [0.29, 0.717) is 5.13 Å². The molecular weight excluding hydrogens is 188 g/mol. The zero-order valence-corrected chi connectivity index (χ0v) is 7.34. The average molecular weight is 194 g/mol. The Morgan fingerprint density at radius 2 is 2.23 bits per heavy atom. The number of fused-ring (bicyclic) bond motifs is 1. The zero-order valence-electron chi connectivity index (χ0n) is 6.52. The van der Waals surface area contributed by atoms with Gasteiger partial charge in [0.15, 0.2) is 5.13 Å². The van der Waals surface area contributed by atoms with Gasteiger partial charge in [0.25, 0.3) is 0 Å². The predicted molar refractivity (Wildman–Crippen MR) is 51.3 cm³/mol. The first-order chi connectivity index (χ1) is 6.25. The third-order valence-electron chi connectivity index (χ3n) is 1.51. The molecule has 0 radical (unpaired) electrons. The summed E-state index contributed by atoms with van der Waals surface area (Å²) in [7, 11) is 0. The highest BCUT2D eigenvalue weighted by Crippen LogP contribution is 2.24. The Hall–Kier alpha value is -1.62. The first-order valence-corrected chi connectivity index (χ1v) is 4.43. The lowest BCUT2D eigenvalue weighted by atomic mass is 10.3. The molecule has 1 aromatic carbocycles. The molecule has 1 aromatic heterocycles. The molecule has 1 amide bonds. The van der Waals surface area contributed by atoms with Gasteiger partial charge in [-0.3, -0.25) is 5.32 Å². The van der Waals surface area contributed by atoms with Gasteiger partial charge < -0.3 is 5.11 Å². The molecule has 0 saturated carbocycles. The summed E-state index contributed by atoms with van der Waals surface area (Å²) in [6, 6.07) is 7.51. The molecule has 0 unspecified atom stereocenters. The van der Waals surface area contributed by atoms with Gasteiger partial charge in [0.05, 0.1) is 10.2 Å². The minimum Gasteiger partial charge on any atom is -0.465 e. The number of carboxylic acid groups (broad SMARTS) is 1. The summed E-state index contributed by atoms with van der Waals surface area (Å²) in [5.41, 5.74) is 0.816. The highest BCUT2D eigenvalue weighted by molar-refractivity contribution is 7.22. The van der Waals surface area contributed by atoms with Crippen LogP contribution in [-0.4, -0.2) is 16.2 Å². The Morgan fingerprint density at radius 3 is 2.92 bits per heavy atom. The van der Waals surface area contributed by atoms with E-state index < -0.39 is 6.09 Å². The monoisotopic (exact) mass is 194 g/mol. The highest BCUT2D eigenvalue weighted by Gasteiger charge is 2.04. The predicted octanol–water partition coefficient (Wildman–Crippen LogP) is 2.39. The van der Waals surface area contributed by atoms with Crippen LogP contribution in [0.15, 0.2) is 24.3 Å². The Morgan fingerprint density at radius 1 is 1.46 bits per heavy atom. The summed E-state index contributed by atoms with van der Waals surface area (Å²) in [5, 5.41) is 11.1. The zero-order chi connectivity index (χ0) is 9.26. The van der Waals surface area contributed by atoms with Crippen molar-refractivity contribution in [3.8, 4) is 0 Å². The van der Waals surface area contributed by atoms with Crippen LogP contribution in [0.3, 0.4) is 0 Å². The van der Waals surface area contributed by atoms with Gasteiger partial charge >= 0.3 is 6.09 Å². The number of rotatable bonds is 1. The van der Waals surface area contributed by atoms with E-state index in [0.717, 1.165) is 10.2 Å². The number of benzene rings is 1. The lowest BCUT2D eigenvalue weighted by Crippen LogP contribution is -2.06. The molecule has 0 saturated heterocycles. The van der Waals surface area contributed by atoms with Gasteiger partial charge in [-0.05, 0) is 12.1 Å². The van der Waals surface area contributed by atoms with Gasteiger partial charge in [-0.15, -0.1) is 0 Å². The number of para-hydroxylation sites is 1. The molecule has 0 atom stereocenters. The Kier molecular flexibility index (Phi) is 1.86. The number of hydrogen-bond acceptors (Lipinski definition) is 3. The maximum absolute atomic E-state index is 10.3. The van der Waals surface area contributed by atoms with Crippen molar-refractivity contribution in [2.24, 2.45) is 0 Å². The van der Waals surface area contributed by atoms with Gasteiger partial charge in [-0.2, -0.15) is 0 Å². The summed E-state index contributed by atoms with van der Waals surface area (Å²) in [4.78, 5) is 14.4. The van der Waals surface area contributed by atoms with Crippen LogP contribution < -0.4 is 5.32 Å². The summed E-state index contributed by atoms with van der Waals surface area (Å²) in [5.74, 6) is 0. The fourth-order valence-corrected chi connectivity index (χ4v) is 1.87. The SMILES string of the molecule is O=C(O)Nc1nc2ccccc2s1. The second-order valence-corrected chi connectivity index (χ2v) is 3.45. The van der Waals surface area contributed by atoms with Crippen LogP contribution in [0.1, 0.15) is 0 Å². The topological polar surface area (TPSA) is 62.2 Å². The molecule has 2 N–H and O–H groups in total. The summed E-state index contributed by atoms with van der Waals surface area (Å²) >= 11 is 1.32. The lowest BCUT2D eigenvalue weighted by molar-refractivity contribution is 0.210. The minimum absolute atomic E-state index is 0.411. The fraction of sp³-hybridized carbons (Fsp3) is 0. The maximum Gasteiger partial charge on any atom is 0.410 e. The maximum atomic E-state index is 10.3. The largest absolute Gasteiger partial charge is 0.465 e. The van der Waals surface area contributed by atoms with Crippen molar-refractivity contribution < 1.29 is 9.90 Å². The average Bonchev–Trinajstić information content (AvgIpc) is 2.44. The van der Waals surface area contributed by atoms with Gasteiger partial charge in [-0.25, -0.2) is 9.78 Å². The van der Waals surface area contributed by atoms with E-state index in [4.69, 9.17) is 5.11 Å². The molecule has 0 aliphatic carbocycles. The standard InChI is InChI=1S/C8H6N2O2S/c11-8(12)10-7-9-5-3-1-2-4-6(5)13-7/h1-4H,(H,9,10)(H,11,12). The van der Waals surface area contributed by atoms with Crippen LogP contribution in [-0.2, 0) is 0 Å². The number of anilines is 1. The molecule has 5 heteroatoms. The van der Waals surface area contributed by atoms with Crippen LogP contribution in [0.4, 0.5) is 9.93 Å². The minimum atomic E-state index is -1.08. The molecule has 0 bridgehead atoms. The van der Waals surface area contributed by atoms with Crippen molar-refractivity contribution in [3.63, 3.8) is 0 Å². The molecule has 0 aliphatic rings. The van der Waals surface area contributed by atoms with Crippen molar-refractivity contribution in [1.29, 1.82) is 0 Å². The molecule has 66 valence electrons. The fourth-order valence-electron chi connectivity index (χ4n) is 1.02. The number of nitrogens with one attached hydrogen (secondary N) is 1. The van der Waals surface area contributed by atoms with Gasteiger partial charge in [0.2, 0.25) is 0 Å². The van der Waals surface area contributed by atoms with Crippen molar-refractivity contribution in [1.82, 2.24) is 4.98 Å². The Balaban J connectivity index is 2.44. The van der Waals surface area contributed by atoms with Gasteiger partial charge in [-0.1, -0.05) is 23.5 Å². The number of carbonyl (C=O) groups is 1. The van der Waals surface area contributed by atoms with E-state index >= 15 is 0 Å². The molecule has 0 spiro atoms. The van der Waals surface area contributed by atoms with Crippen molar-refractivity contribution in [2.75, 3.05) is 5.32 Å². The van der Waals surface area contributed by atoms with E-state index in [1.807, 2.05) is 24.3 Å². The number of thiazole rings is 1. The van der Waals surface area contributed by atoms with E-state index in [-0.39, 0.29) is 0 Å². The van der Waals surface area contributed by atoms with Crippen molar-refractivity contribution in [3.05, 3.63) is 24.3 Å². The van der Waals surface area contributed by atoms with Crippen LogP contribution in [0, 0.1) is 0 Å². The van der Waals surface area contributed by atoms with E-state index in [1.165, 1.54) is 11.3 Å². The smallest absolute Gasteiger partial charge is 0.410 e. The number of aromatic nitrogens is 1. The molecule has 2 rings (SSSR count). The molecule has 13 heavy (non-hydrogen) atoms. The molecule has 0 aliphatic heterocycles. The van der Waals surface area contributed by atoms with E-state index in [2.05, 4.69) is 10.3 Å². The second kappa shape index (κ2) is 3.02. The summed E-state index contributed by atoms with van der Waals surface area (Å²) in [6.45, 7) is 0. The van der Waals surface area contributed by atoms with Crippen LogP contribution in [0.2, 0.25) is 0 Å². The van der Waals surface area contributed by atoms with E-state index in [1.54, 1.807) is 0 Å². The lowest BCUT2D eigenvalue weighted by Gasteiger charge is -1.89. The number of amides is 1. The summed E-state index contributed by atoms with van der Waals surface area (Å²) < 4.78 is 0.978. The summed E-state index contributed by atoms with van der Waals surface area (Å²) in [6.07, 6.45) is -1.08. The highest BCUT2D eigenvalue weighted by atomic mass is 32.1. The number of hydrogen-bond donors (Lipinski definition) is 2. The third-order valence-corrected chi connectivity index (χ3v) is 2.46. The third kappa shape index (κ3) is 1.59.